The lowest BCUT2D eigenvalue weighted by molar-refractivity contribution is 0.104. The quantitative estimate of drug-likeness (QED) is 0.607. The third-order valence-electron chi connectivity index (χ3n) is 3.12. The maximum Gasteiger partial charge on any atom is 0.319 e. The maximum atomic E-state index is 12.2. The Kier molecular flexibility index (Phi) is 6.15. The van der Waals surface area contributed by atoms with Gasteiger partial charge in [0.05, 0.1) is 0 Å². The molecule has 0 saturated carbocycles. The third-order valence-corrected chi connectivity index (χ3v) is 3.36. The van der Waals surface area contributed by atoms with Gasteiger partial charge in [0.15, 0.2) is 5.78 Å². The van der Waals surface area contributed by atoms with Gasteiger partial charge in [-0.1, -0.05) is 29.8 Å². The second-order valence-electron chi connectivity index (χ2n) is 5.58. The van der Waals surface area contributed by atoms with Gasteiger partial charge in [0.2, 0.25) is 0 Å². The number of nitrogens with one attached hydrogen (secondary N) is 2. The van der Waals surface area contributed by atoms with Gasteiger partial charge in [-0.05, 0) is 61.9 Å². The molecule has 0 unspecified atom stereocenters. The lowest BCUT2D eigenvalue weighted by Gasteiger charge is -2.10. The number of halogens is 1. The van der Waals surface area contributed by atoms with E-state index in [4.69, 9.17) is 11.6 Å². The van der Waals surface area contributed by atoms with E-state index in [1.807, 2.05) is 26.0 Å². The SMILES string of the molecule is CC(C)NC(=O)Nc1ccc(C(=O)/C=C/c2cccc(Cl)c2)cc1. The molecule has 2 N–H and O–H groups in total. The van der Waals surface area contributed by atoms with Gasteiger partial charge in [0.1, 0.15) is 0 Å². The molecular weight excluding hydrogens is 324 g/mol. The summed E-state index contributed by atoms with van der Waals surface area (Å²) in [5.74, 6) is -0.117. The van der Waals surface area contributed by atoms with E-state index in [1.165, 1.54) is 6.08 Å². The zero-order valence-corrected chi connectivity index (χ0v) is 14.3. The summed E-state index contributed by atoms with van der Waals surface area (Å²) in [7, 11) is 0. The molecule has 0 aliphatic heterocycles. The van der Waals surface area contributed by atoms with Crippen molar-refractivity contribution in [3.05, 3.63) is 70.8 Å². The smallest absolute Gasteiger partial charge is 0.319 e. The maximum absolute atomic E-state index is 12.2. The van der Waals surface area contributed by atoms with Crippen molar-refractivity contribution < 1.29 is 9.59 Å². The van der Waals surface area contributed by atoms with Crippen LogP contribution in [0.4, 0.5) is 10.5 Å². The number of allylic oxidation sites excluding steroid dienone is 1. The predicted octanol–water partition coefficient (Wildman–Crippen LogP) is 4.77. The Balaban J connectivity index is 1.99. The topological polar surface area (TPSA) is 58.2 Å². The van der Waals surface area contributed by atoms with Crippen LogP contribution in [0.25, 0.3) is 6.08 Å². The third kappa shape index (κ3) is 5.56. The Labute approximate surface area is 146 Å². The van der Waals surface area contributed by atoms with Crippen LogP contribution >= 0.6 is 11.6 Å². The Morgan fingerprint density at radius 2 is 1.79 bits per heavy atom. The second-order valence-corrected chi connectivity index (χ2v) is 6.02. The number of benzene rings is 2. The van der Waals surface area contributed by atoms with E-state index in [2.05, 4.69) is 10.6 Å². The number of anilines is 1. The molecule has 0 aliphatic rings. The van der Waals surface area contributed by atoms with Crippen LogP contribution in [-0.2, 0) is 0 Å². The Bertz CT molecular complexity index is 752. The molecule has 24 heavy (non-hydrogen) atoms. The molecule has 5 heteroatoms. The molecule has 0 saturated heterocycles. The average Bonchev–Trinajstić information content (AvgIpc) is 2.52. The van der Waals surface area contributed by atoms with Gasteiger partial charge in [-0.25, -0.2) is 4.79 Å². The first kappa shape index (κ1) is 17.8. The van der Waals surface area contributed by atoms with E-state index in [9.17, 15) is 9.59 Å². The standard InChI is InChI=1S/C19H19ClN2O2/c1-13(2)21-19(24)22-17-9-7-15(8-10-17)18(23)11-6-14-4-3-5-16(20)12-14/h3-13H,1-2H3,(H2,21,22,24)/b11-6+. The van der Waals surface area contributed by atoms with Crippen LogP contribution in [0.2, 0.25) is 5.02 Å². The largest absolute Gasteiger partial charge is 0.336 e. The van der Waals surface area contributed by atoms with Crippen LogP contribution in [0.1, 0.15) is 29.8 Å². The fourth-order valence-corrected chi connectivity index (χ4v) is 2.22. The Morgan fingerprint density at radius 1 is 1.08 bits per heavy atom. The van der Waals surface area contributed by atoms with Crippen LogP contribution in [0.5, 0.6) is 0 Å². The van der Waals surface area contributed by atoms with Gasteiger partial charge in [0, 0.05) is 22.3 Å². The zero-order chi connectivity index (χ0) is 17.5. The Morgan fingerprint density at radius 3 is 2.42 bits per heavy atom. The molecule has 2 aromatic carbocycles. The van der Waals surface area contributed by atoms with Crippen molar-refractivity contribution >= 4 is 35.2 Å². The molecule has 0 bridgehead atoms. The summed E-state index contributed by atoms with van der Waals surface area (Å²) in [4.78, 5) is 23.8. The molecule has 124 valence electrons. The summed E-state index contributed by atoms with van der Waals surface area (Å²) < 4.78 is 0. The molecular formula is C19H19ClN2O2. The van der Waals surface area contributed by atoms with Crippen LogP contribution in [0.3, 0.4) is 0 Å². The predicted molar refractivity (Wildman–Crippen MR) is 98.5 cm³/mol. The van der Waals surface area contributed by atoms with E-state index >= 15 is 0 Å². The number of hydrogen-bond donors (Lipinski definition) is 2. The van der Waals surface area contributed by atoms with Gasteiger partial charge < -0.3 is 10.6 Å². The number of hydrogen-bond acceptors (Lipinski definition) is 2. The number of ketones is 1. The van der Waals surface area contributed by atoms with Gasteiger partial charge in [-0.3, -0.25) is 4.79 Å². The number of rotatable bonds is 5. The summed E-state index contributed by atoms with van der Waals surface area (Å²) >= 11 is 5.91. The lowest BCUT2D eigenvalue weighted by Crippen LogP contribution is -2.34. The van der Waals surface area contributed by atoms with Crippen molar-refractivity contribution in [2.75, 3.05) is 5.32 Å². The molecule has 0 atom stereocenters. The van der Waals surface area contributed by atoms with Gasteiger partial charge >= 0.3 is 6.03 Å². The van der Waals surface area contributed by atoms with E-state index in [0.717, 1.165) is 5.56 Å². The summed E-state index contributed by atoms with van der Waals surface area (Å²) in [6.45, 7) is 3.77. The van der Waals surface area contributed by atoms with E-state index in [-0.39, 0.29) is 17.9 Å². The monoisotopic (exact) mass is 342 g/mol. The highest BCUT2D eigenvalue weighted by Crippen LogP contribution is 2.14. The van der Waals surface area contributed by atoms with Gasteiger partial charge in [-0.2, -0.15) is 0 Å². The molecule has 0 radical (unpaired) electrons. The fraction of sp³-hybridized carbons (Fsp3) is 0.158. The number of carbonyl (C=O) groups is 2. The zero-order valence-electron chi connectivity index (χ0n) is 13.5. The van der Waals surface area contributed by atoms with Crippen molar-refractivity contribution in [2.24, 2.45) is 0 Å². The molecule has 0 spiro atoms. The van der Waals surface area contributed by atoms with Crippen LogP contribution < -0.4 is 10.6 Å². The highest BCUT2D eigenvalue weighted by molar-refractivity contribution is 6.30. The van der Waals surface area contributed by atoms with Crippen molar-refractivity contribution in [2.45, 2.75) is 19.9 Å². The fourth-order valence-electron chi connectivity index (χ4n) is 2.03. The first-order valence-corrected chi connectivity index (χ1v) is 7.97. The molecule has 4 nitrogen and oxygen atoms in total. The number of urea groups is 1. The molecule has 2 amide bonds. The molecule has 0 fully saturated rings. The Hall–Kier alpha value is -2.59. The number of amides is 2. The second kappa shape index (κ2) is 8.31. The van der Waals surface area contributed by atoms with Gasteiger partial charge in [-0.15, -0.1) is 0 Å². The molecule has 2 aromatic rings. The van der Waals surface area contributed by atoms with Crippen molar-refractivity contribution in [3.8, 4) is 0 Å². The first-order valence-electron chi connectivity index (χ1n) is 7.59. The summed E-state index contributed by atoms with van der Waals surface area (Å²) in [5, 5.41) is 6.07. The number of carbonyl (C=O) groups excluding carboxylic acids is 2. The van der Waals surface area contributed by atoms with E-state index < -0.39 is 0 Å². The highest BCUT2D eigenvalue weighted by atomic mass is 35.5. The molecule has 2 rings (SSSR count). The highest BCUT2D eigenvalue weighted by Gasteiger charge is 2.05. The summed E-state index contributed by atoms with van der Waals surface area (Å²) in [6, 6.07) is 13.8. The van der Waals surface area contributed by atoms with Gasteiger partial charge in [0.25, 0.3) is 0 Å². The summed E-state index contributed by atoms with van der Waals surface area (Å²) in [6.07, 6.45) is 3.22. The first-order chi connectivity index (χ1) is 11.4. The average molecular weight is 343 g/mol. The van der Waals surface area contributed by atoms with Crippen LogP contribution in [0.15, 0.2) is 54.6 Å². The van der Waals surface area contributed by atoms with E-state index in [1.54, 1.807) is 42.5 Å². The van der Waals surface area contributed by atoms with Crippen LogP contribution in [0, 0.1) is 0 Å². The van der Waals surface area contributed by atoms with E-state index in [0.29, 0.717) is 16.3 Å². The normalized spacial score (nSPS) is 10.8. The molecule has 0 aromatic heterocycles. The summed E-state index contributed by atoms with van der Waals surface area (Å²) in [5.41, 5.74) is 2.03. The molecule has 0 aliphatic carbocycles. The van der Waals surface area contributed by atoms with Crippen molar-refractivity contribution in [1.29, 1.82) is 0 Å². The van der Waals surface area contributed by atoms with Crippen LogP contribution in [-0.4, -0.2) is 17.9 Å². The minimum atomic E-state index is -0.273. The molecule has 0 heterocycles. The van der Waals surface area contributed by atoms with Crippen molar-refractivity contribution in [1.82, 2.24) is 5.32 Å². The minimum absolute atomic E-state index is 0.0579. The van der Waals surface area contributed by atoms with Crippen molar-refractivity contribution in [3.63, 3.8) is 0 Å². The lowest BCUT2D eigenvalue weighted by atomic mass is 10.1. The minimum Gasteiger partial charge on any atom is -0.336 e.